The van der Waals surface area contributed by atoms with E-state index in [1.807, 2.05) is 0 Å². The summed E-state index contributed by atoms with van der Waals surface area (Å²) in [4.78, 5) is 5.20. The summed E-state index contributed by atoms with van der Waals surface area (Å²) >= 11 is 0. The van der Waals surface area contributed by atoms with E-state index < -0.39 is 0 Å². The number of anilines is 4. The van der Waals surface area contributed by atoms with Crippen molar-refractivity contribution in [2.24, 2.45) is 11.8 Å². The third-order valence-electron chi connectivity index (χ3n) is 14.0. The number of fused-ring (bicyclic) bond motifs is 3. The SMILES string of the molecule is c1ccc(-c2ccc(N(c3ccc(-c4ccccc4)cc3)c3ccc(-c4cccc(N5C6CC7CC5CC(C6)C7n5c6ccccc6c6ccccc65)c4)cc3)cc2)cc1. The summed E-state index contributed by atoms with van der Waals surface area (Å²) in [6, 6.07) is 77.7. The normalized spacial score (nSPS) is 20.5. The van der Waals surface area contributed by atoms with Gasteiger partial charge in [-0.3, -0.25) is 0 Å². The molecule has 60 heavy (non-hydrogen) atoms. The van der Waals surface area contributed by atoms with Crippen LogP contribution in [0.3, 0.4) is 0 Å². The number of hydrogen-bond acceptors (Lipinski definition) is 2. The maximum atomic E-state index is 2.83. The zero-order valence-electron chi connectivity index (χ0n) is 33.7. The van der Waals surface area contributed by atoms with Gasteiger partial charge in [0.25, 0.3) is 0 Å². The van der Waals surface area contributed by atoms with Crippen molar-refractivity contribution >= 4 is 44.6 Å². The number of benzene rings is 8. The van der Waals surface area contributed by atoms with Crippen LogP contribution in [0.2, 0.25) is 0 Å². The molecule has 2 aliphatic carbocycles. The van der Waals surface area contributed by atoms with Crippen LogP contribution in [0.1, 0.15) is 31.7 Å². The van der Waals surface area contributed by atoms with Crippen molar-refractivity contribution in [2.75, 3.05) is 9.80 Å². The second-order valence-corrected chi connectivity index (χ2v) is 17.3. The van der Waals surface area contributed by atoms with Crippen molar-refractivity contribution in [3.8, 4) is 33.4 Å². The van der Waals surface area contributed by atoms with Gasteiger partial charge in [0.2, 0.25) is 0 Å². The fourth-order valence-electron chi connectivity index (χ4n) is 11.6. The Labute approximate surface area is 352 Å². The monoisotopic (exact) mass is 773 g/mol. The van der Waals surface area contributed by atoms with Crippen LogP contribution in [-0.2, 0) is 0 Å². The van der Waals surface area contributed by atoms with Crippen LogP contribution in [0.25, 0.3) is 55.2 Å². The van der Waals surface area contributed by atoms with Gasteiger partial charge in [-0.1, -0.05) is 146 Å². The highest BCUT2D eigenvalue weighted by atomic mass is 15.2. The maximum absolute atomic E-state index is 2.83. The molecule has 0 N–H and O–H groups in total. The van der Waals surface area contributed by atoms with Crippen LogP contribution in [0.4, 0.5) is 22.7 Å². The highest BCUT2D eigenvalue weighted by Crippen LogP contribution is 2.57. The fraction of sp³-hybridized carbons (Fsp3) is 0.158. The Hall–Kier alpha value is -6.84. The number of rotatable bonds is 8. The third kappa shape index (κ3) is 5.94. The predicted molar refractivity (Wildman–Crippen MR) is 251 cm³/mol. The summed E-state index contributed by atoms with van der Waals surface area (Å²) in [6.45, 7) is 0. The summed E-state index contributed by atoms with van der Waals surface area (Å²) in [6.07, 6.45) is 5.08. The van der Waals surface area contributed by atoms with Gasteiger partial charge in [-0.15, -0.1) is 0 Å². The summed E-state index contributed by atoms with van der Waals surface area (Å²) in [5, 5.41) is 2.80. The molecule has 2 saturated carbocycles. The zero-order chi connectivity index (χ0) is 39.6. The summed E-state index contributed by atoms with van der Waals surface area (Å²) in [5.74, 6) is 1.43. The largest absolute Gasteiger partial charge is 0.366 e. The molecule has 2 saturated heterocycles. The minimum Gasteiger partial charge on any atom is -0.366 e. The van der Waals surface area contributed by atoms with Gasteiger partial charge in [0.15, 0.2) is 0 Å². The Morgan fingerprint density at radius 1 is 0.350 bits per heavy atom. The molecule has 290 valence electrons. The number of piperidine rings is 2. The molecule has 2 aliphatic heterocycles. The Balaban J connectivity index is 0.827. The summed E-state index contributed by atoms with van der Waals surface area (Å²) in [5.41, 5.74) is 15.0. The van der Waals surface area contributed by atoms with Crippen molar-refractivity contribution in [3.05, 3.63) is 206 Å². The lowest BCUT2D eigenvalue weighted by atomic mass is 9.60. The lowest BCUT2D eigenvalue weighted by Gasteiger charge is -2.61. The second-order valence-electron chi connectivity index (χ2n) is 17.3. The molecular weight excluding hydrogens is 727 g/mol. The number of aromatic nitrogens is 1. The first-order valence-corrected chi connectivity index (χ1v) is 21.8. The van der Waals surface area contributed by atoms with Gasteiger partial charge >= 0.3 is 0 Å². The molecule has 13 rings (SSSR count). The molecule has 0 spiro atoms. The molecule has 3 heteroatoms. The maximum Gasteiger partial charge on any atom is 0.0494 e. The molecule has 1 aromatic heterocycles. The van der Waals surface area contributed by atoms with Gasteiger partial charge in [0.1, 0.15) is 0 Å². The van der Waals surface area contributed by atoms with E-state index in [0.29, 0.717) is 30.0 Å². The van der Waals surface area contributed by atoms with E-state index in [1.54, 1.807) is 0 Å². The molecule has 3 heterocycles. The average molecular weight is 774 g/mol. The minimum absolute atomic E-state index is 0.581. The molecule has 4 bridgehead atoms. The zero-order valence-corrected chi connectivity index (χ0v) is 33.7. The van der Waals surface area contributed by atoms with Crippen molar-refractivity contribution in [1.29, 1.82) is 0 Å². The highest BCUT2D eigenvalue weighted by molar-refractivity contribution is 6.08. The predicted octanol–water partition coefficient (Wildman–Crippen LogP) is 14.9. The minimum atomic E-state index is 0.581. The van der Waals surface area contributed by atoms with E-state index in [2.05, 4.69) is 221 Å². The van der Waals surface area contributed by atoms with Crippen molar-refractivity contribution in [1.82, 2.24) is 4.57 Å². The van der Waals surface area contributed by atoms with Gasteiger partial charge in [-0.25, -0.2) is 0 Å². The topological polar surface area (TPSA) is 11.4 Å². The molecule has 0 radical (unpaired) electrons. The Kier molecular flexibility index (Phi) is 8.47. The standard InChI is InChI=1S/C57H47N3/c1-3-12-39(13-4-1)41-22-28-47(29-23-41)58(48-30-24-42(25-31-48)40-14-5-2-6-15-40)49-32-26-43(27-33-49)44-16-11-17-50(34-44)59-51-35-45-36-52(59)38-46(37-51)57(45)60-55-20-9-7-18-53(55)54-19-8-10-21-56(54)60/h1-34,45-46,51-52,57H,35-38H2. The molecule has 4 fully saturated rings. The van der Waals surface area contributed by atoms with Gasteiger partial charge in [-0.05, 0) is 132 Å². The number of nitrogens with zero attached hydrogens (tertiary/aromatic N) is 3. The number of hydrogen-bond donors (Lipinski definition) is 0. The quantitative estimate of drug-likeness (QED) is 0.152. The lowest BCUT2D eigenvalue weighted by molar-refractivity contribution is 0.0319. The van der Waals surface area contributed by atoms with E-state index in [4.69, 9.17) is 0 Å². The number of para-hydroxylation sites is 2. The molecule has 4 aliphatic rings. The van der Waals surface area contributed by atoms with Gasteiger partial charge in [0, 0.05) is 62.7 Å². The van der Waals surface area contributed by atoms with Crippen LogP contribution in [0, 0.1) is 11.8 Å². The van der Waals surface area contributed by atoms with Crippen molar-refractivity contribution in [2.45, 2.75) is 43.8 Å². The Morgan fingerprint density at radius 3 is 1.20 bits per heavy atom. The smallest absolute Gasteiger partial charge is 0.0494 e. The van der Waals surface area contributed by atoms with Crippen LogP contribution >= 0.6 is 0 Å². The van der Waals surface area contributed by atoms with Crippen LogP contribution in [0.5, 0.6) is 0 Å². The third-order valence-corrected chi connectivity index (χ3v) is 14.0. The Bertz CT molecular complexity index is 2780. The van der Waals surface area contributed by atoms with Gasteiger partial charge < -0.3 is 14.4 Å². The lowest BCUT2D eigenvalue weighted by Crippen LogP contribution is -2.61. The van der Waals surface area contributed by atoms with Crippen molar-refractivity contribution < 1.29 is 0 Å². The van der Waals surface area contributed by atoms with E-state index in [1.165, 1.54) is 86.6 Å². The summed E-state index contributed by atoms with van der Waals surface area (Å²) < 4.78 is 2.76. The van der Waals surface area contributed by atoms with E-state index in [9.17, 15) is 0 Å². The molecule has 8 aromatic carbocycles. The van der Waals surface area contributed by atoms with Crippen LogP contribution in [0.15, 0.2) is 206 Å². The van der Waals surface area contributed by atoms with Gasteiger partial charge in [-0.2, -0.15) is 0 Å². The first-order valence-electron chi connectivity index (χ1n) is 21.8. The van der Waals surface area contributed by atoms with Crippen molar-refractivity contribution in [3.63, 3.8) is 0 Å². The molecule has 9 aromatic rings. The molecule has 3 nitrogen and oxygen atoms in total. The van der Waals surface area contributed by atoms with Crippen LogP contribution < -0.4 is 9.80 Å². The van der Waals surface area contributed by atoms with E-state index in [0.717, 1.165) is 17.1 Å². The van der Waals surface area contributed by atoms with Crippen LogP contribution in [-0.4, -0.2) is 16.7 Å². The van der Waals surface area contributed by atoms with E-state index in [-0.39, 0.29) is 0 Å². The summed E-state index contributed by atoms with van der Waals surface area (Å²) in [7, 11) is 0. The first kappa shape index (κ1) is 35.1. The second kappa shape index (κ2) is 14.5. The Morgan fingerprint density at radius 2 is 0.733 bits per heavy atom. The highest BCUT2D eigenvalue weighted by Gasteiger charge is 2.53. The molecule has 0 unspecified atom stereocenters. The molecule has 0 atom stereocenters. The molecule has 0 amide bonds. The fourth-order valence-corrected chi connectivity index (χ4v) is 11.6. The first-order chi connectivity index (χ1) is 29.7. The van der Waals surface area contributed by atoms with Gasteiger partial charge in [0.05, 0.1) is 0 Å². The average Bonchev–Trinajstić information content (AvgIpc) is 3.64. The van der Waals surface area contributed by atoms with E-state index >= 15 is 0 Å². The molecular formula is C57H47N3.